The smallest absolute Gasteiger partial charge is 0.330 e. The highest BCUT2D eigenvalue weighted by atomic mass is 127. The van der Waals surface area contributed by atoms with Crippen molar-refractivity contribution in [1.82, 2.24) is 9.55 Å². The molecule has 6 nitrogen and oxygen atoms in total. The third-order valence-corrected chi connectivity index (χ3v) is 10.8. The molecule has 1 saturated heterocycles. The Hall–Kier alpha value is -0.453. The summed E-state index contributed by atoms with van der Waals surface area (Å²) in [7, 11) is -1.94. The lowest BCUT2D eigenvalue weighted by molar-refractivity contribution is -0.0223. The van der Waals surface area contributed by atoms with E-state index in [1.54, 1.807) is 13.1 Å². The molecule has 0 unspecified atom stereocenters. The van der Waals surface area contributed by atoms with Gasteiger partial charge in [0, 0.05) is 18.2 Å². The van der Waals surface area contributed by atoms with Crippen molar-refractivity contribution < 1.29 is 9.16 Å². The van der Waals surface area contributed by atoms with Crippen molar-refractivity contribution >= 4 is 30.9 Å². The van der Waals surface area contributed by atoms with Crippen molar-refractivity contribution in [3.8, 4) is 0 Å². The van der Waals surface area contributed by atoms with Crippen molar-refractivity contribution in [2.75, 3.05) is 4.43 Å². The van der Waals surface area contributed by atoms with Crippen LogP contribution in [0.4, 0.5) is 0 Å². The molecule has 3 atom stereocenters. The monoisotopic (exact) mass is 494 g/mol. The highest BCUT2D eigenvalue weighted by molar-refractivity contribution is 14.1. The van der Waals surface area contributed by atoms with Gasteiger partial charge in [0.05, 0.1) is 12.2 Å². The van der Waals surface area contributed by atoms with Crippen LogP contribution in [0.2, 0.25) is 18.1 Å². The lowest BCUT2D eigenvalue weighted by atomic mass is 10.1. The zero-order chi connectivity index (χ0) is 19.7. The van der Waals surface area contributed by atoms with Crippen LogP contribution in [-0.2, 0) is 9.16 Å². The van der Waals surface area contributed by atoms with Crippen molar-refractivity contribution in [2.45, 2.75) is 83.5 Å². The largest absolute Gasteiger partial charge is 0.411 e. The molecule has 2 rings (SSSR count). The third kappa shape index (κ3) is 4.88. The molecule has 1 aliphatic rings. The minimum atomic E-state index is -1.94. The van der Waals surface area contributed by atoms with E-state index >= 15 is 0 Å². The second-order valence-electron chi connectivity index (χ2n) is 8.59. The summed E-state index contributed by atoms with van der Waals surface area (Å²) in [6, 6.07) is 0. The first-order chi connectivity index (χ1) is 12.0. The number of aromatic nitrogens is 2. The number of aryl methyl sites for hydroxylation is 1. The second kappa shape index (κ2) is 8.28. The number of nitrogens with zero attached hydrogens (tertiary/aromatic N) is 1. The predicted octanol–water partition coefficient (Wildman–Crippen LogP) is 3.74. The Balaban J connectivity index is 2.27. The summed E-state index contributed by atoms with van der Waals surface area (Å²) in [5.41, 5.74) is -0.267. The second-order valence-corrected chi connectivity index (χ2v) is 14.4. The Bertz CT molecular complexity index is 738. The fraction of sp³-hybridized carbons (Fsp3) is 0.778. The average molecular weight is 494 g/mol. The first kappa shape index (κ1) is 21.8. The van der Waals surface area contributed by atoms with E-state index in [4.69, 9.17) is 9.16 Å². The molecule has 0 aliphatic carbocycles. The number of hydrogen-bond donors (Lipinski definition) is 1. The van der Waals surface area contributed by atoms with Gasteiger partial charge in [-0.3, -0.25) is 14.3 Å². The zero-order valence-electron chi connectivity index (χ0n) is 16.6. The Labute approximate surface area is 170 Å². The molecule has 1 aromatic rings. The number of halogens is 1. The van der Waals surface area contributed by atoms with Crippen LogP contribution >= 0.6 is 22.6 Å². The van der Waals surface area contributed by atoms with Crippen LogP contribution in [0.5, 0.6) is 0 Å². The van der Waals surface area contributed by atoms with E-state index in [1.165, 1.54) is 4.57 Å². The van der Waals surface area contributed by atoms with Crippen LogP contribution in [0, 0.1) is 6.92 Å². The average Bonchev–Trinajstić information content (AvgIpc) is 2.89. The van der Waals surface area contributed by atoms with Gasteiger partial charge >= 0.3 is 5.69 Å². The summed E-state index contributed by atoms with van der Waals surface area (Å²) in [5.74, 6) is 0. The van der Waals surface area contributed by atoms with Crippen LogP contribution in [0.3, 0.4) is 0 Å². The highest BCUT2D eigenvalue weighted by Gasteiger charge is 2.45. The predicted molar refractivity (Wildman–Crippen MR) is 115 cm³/mol. The number of alkyl halides is 1. The number of H-pyrrole nitrogens is 1. The van der Waals surface area contributed by atoms with E-state index in [2.05, 4.69) is 61.4 Å². The molecule has 0 bridgehead atoms. The first-order valence-electron chi connectivity index (χ1n) is 9.17. The molecule has 8 heteroatoms. The van der Waals surface area contributed by atoms with E-state index in [-0.39, 0.29) is 22.8 Å². The Morgan fingerprint density at radius 1 is 1.38 bits per heavy atom. The maximum absolute atomic E-state index is 12.2. The van der Waals surface area contributed by atoms with Crippen LogP contribution in [0.1, 0.15) is 51.8 Å². The molecular weight excluding hydrogens is 463 g/mol. The number of nitrogens with one attached hydrogen (secondary N) is 1. The fourth-order valence-corrected chi connectivity index (χ4v) is 4.68. The van der Waals surface area contributed by atoms with Gasteiger partial charge in [0.2, 0.25) is 0 Å². The van der Waals surface area contributed by atoms with Gasteiger partial charge in [-0.25, -0.2) is 4.79 Å². The molecule has 26 heavy (non-hydrogen) atoms. The zero-order valence-corrected chi connectivity index (χ0v) is 19.8. The molecule has 1 aliphatic heterocycles. The van der Waals surface area contributed by atoms with Gasteiger partial charge in [-0.1, -0.05) is 43.4 Å². The summed E-state index contributed by atoms with van der Waals surface area (Å²) >= 11 is 2.37. The van der Waals surface area contributed by atoms with Crippen LogP contribution in [0.15, 0.2) is 15.8 Å². The van der Waals surface area contributed by atoms with Gasteiger partial charge in [0.1, 0.15) is 6.23 Å². The van der Waals surface area contributed by atoms with E-state index in [1.807, 2.05) is 0 Å². The van der Waals surface area contributed by atoms with Gasteiger partial charge in [-0.15, -0.1) is 0 Å². The molecule has 0 amide bonds. The van der Waals surface area contributed by atoms with Crippen LogP contribution < -0.4 is 11.2 Å². The van der Waals surface area contributed by atoms with Crippen molar-refractivity contribution in [3.63, 3.8) is 0 Å². The van der Waals surface area contributed by atoms with E-state index in [0.717, 1.165) is 17.3 Å². The van der Waals surface area contributed by atoms with E-state index in [9.17, 15) is 9.59 Å². The summed E-state index contributed by atoms with van der Waals surface area (Å²) in [5, 5.41) is 0.115. The normalized spacial score (nSPS) is 24.2. The van der Waals surface area contributed by atoms with Gasteiger partial charge in [0.25, 0.3) is 5.56 Å². The van der Waals surface area contributed by atoms with Gasteiger partial charge in [-0.2, -0.15) is 0 Å². The molecule has 1 fully saturated rings. The molecule has 0 saturated carbocycles. The summed E-state index contributed by atoms with van der Waals surface area (Å²) < 4.78 is 15.4. The van der Waals surface area contributed by atoms with Gasteiger partial charge in [-0.05, 0) is 42.3 Å². The van der Waals surface area contributed by atoms with Gasteiger partial charge in [0.15, 0.2) is 8.32 Å². The van der Waals surface area contributed by atoms with Crippen LogP contribution in [0.25, 0.3) is 0 Å². The van der Waals surface area contributed by atoms with Crippen molar-refractivity contribution in [3.05, 3.63) is 32.6 Å². The summed E-state index contributed by atoms with van der Waals surface area (Å²) in [6.07, 6.45) is 3.74. The number of ether oxygens (including phenoxy) is 1. The number of aromatic amines is 1. The molecule has 2 heterocycles. The highest BCUT2D eigenvalue weighted by Crippen LogP contribution is 2.41. The molecule has 0 aromatic carbocycles. The topological polar surface area (TPSA) is 73.3 Å². The Morgan fingerprint density at radius 2 is 2.04 bits per heavy atom. The first-order valence-corrected chi connectivity index (χ1v) is 13.6. The SMILES string of the molecule is Cc1cn([C@H]2C[C@H](O[Si](C)(C)C(C)(C)C)[C@@H](CCCI)O2)c(=O)[nH]c1=O. The maximum atomic E-state index is 12.2. The molecule has 0 spiro atoms. The van der Waals surface area contributed by atoms with E-state index in [0.29, 0.717) is 12.0 Å². The summed E-state index contributed by atoms with van der Waals surface area (Å²) in [6.45, 7) is 12.9. The lowest BCUT2D eigenvalue weighted by Crippen LogP contribution is -2.45. The van der Waals surface area contributed by atoms with Crippen molar-refractivity contribution in [2.24, 2.45) is 0 Å². The Morgan fingerprint density at radius 3 is 2.62 bits per heavy atom. The Kier molecular flexibility index (Phi) is 6.95. The maximum Gasteiger partial charge on any atom is 0.330 e. The molecule has 0 radical (unpaired) electrons. The van der Waals surface area contributed by atoms with Crippen LogP contribution in [-0.4, -0.2) is 34.5 Å². The summed E-state index contributed by atoms with van der Waals surface area (Å²) in [4.78, 5) is 26.3. The third-order valence-electron chi connectivity index (χ3n) is 5.51. The quantitative estimate of drug-likeness (QED) is 0.372. The minimum absolute atomic E-state index is 0.0250. The molecular formula is C18H31IN2O4Si. The standard InChI is InChI=1S/C18H31IN2O4Si/c1-12-11-21(17(23)20-16(12)22)15-10-14(13(24-15)8-7-9-19)25-26(5,6)18(2,3)4/h11,13-15H,7-10H2,1-6H3,(H,20,22,23)/t13-,14+,15-/m1/s1. The molecule has 1 N–H and O–H groups in total. The minimum Gasteiger partial charge on any atom is -0.411 e. The van der Waals surface area contributed by atoms with Gasteiger partial charge < -0.3 is 9.16 Å². The van der Waals surface area contributed by atoms with Crippen molar-refractivity contribution in [1.29, 1.82) is 0 Å². The number of rotatable bonds is 6. The number of hydrogen-bond acceptors (Lipinski definition) is 4. The fourth-order valence-electron chi connectivity index (χ4n) is 2.89. The molecule has 1 aromatic heterocycles. The van der Waals surface area contributed by atoms with E-state index < -0.39 is 20.2 Å². The lowest BCUT2D eigenvalue weighted by Gasteiger charge is -2.39. The molecule has 148 valence electrons.